The SMILES string of the molecule is Cc1cc2c(cc1Br)C(O)CC1(CCN(C(=O)OC(C)(C)C)CC1)O2. The number of carbonyl (C=O) groups excluding carboxylic acids is 1. The summed E-state index contributed by atoms with van der Waals surface area (Å²) in [7, 11) is 0. The van der Waals surface area contributed by atoms with E-state index < -0.39 is 17.3 Å². The number of aliphatic hydroxyl groups is 1. The highest BCUT2D eigenvalue weighted by molar-refractivity contribution is 9.10. The van der Waals surface area contributed by atoms with E-state index >= 15 is 0 Å². The lowest BCUT2D eigenvalue weighted by molar-refractivity contribution is -0.0569. The molecule has 6 heteroatoms. The summed E-state index contributed by atoms with van der Waals surface area (Å²) in [5, 5.41) is 10.6. The summed E-state index contributed by atoms with van der Waals surface area (Å²) in [6.45, 7) is 8.77. The van der Waals surface area contributed by atoms with Gasteiger partial charge in [0.05, 0.1) is 6.10 Å². The van der Waals surface area contributed by atoms with Crippen molar-refractivity contribution in [2.24, 2.45) is 0 Å². The van der Waals surface area contributed by atoms with Crippen molar-refractivity contribution in [1.82, 2.24) is 4.90 Å². The van der Waals surface area contributed by atoms with Crippen molar-refractivity contribution in [3.05, 3.63) is 27.7 Å². The number of nitrogens with zero attached hydrogens (tertiary/aromatic N) is 1. The lowest BCUT2D eigenvalue weighted by atomic mass is 9.81. The van der Waals surface area contributed by atoms with E-state index in [2.05, 4.69) is 15.9 Å². The number of hydrogen-bond acceptors (Lipinski definition) is 4. The minimum atomic E-state index is -0.547. The fourth-order valence-corrected chi connectivity index (χ4v) is 3.85. The Bertz CT molecular complexity index is 675. The molecule has 1 atom stereocenters. The minimum Gasteiger partial charge on any atom is -0.487 e. The van der Waals surface area contributed by atoms with Crippen molar-refractivity contribution in [2.45, 2.75) is 64.3 Å². The predicted molar refractivity (Wildman–Crippen MR) is 98.9 cm³/mol. The van der Waals surface area contributed by atoms with Crippen LogP contribution in [0.3, 0.4) is 0 Å². The number of amides is 1. The van der Waals surface area contributed by atoms with Crippen LogP contribution in [0.2, 0.25) is 0 Å². The largest absolute Gasteiger partial charge is 0.487 e. The monoisotopic (exact) mass is 411 g/mol. The molecule has 0 radical (unpaired) electrons. The third-order valence-electron chi connectivity index (χ3n) is 4.87. The zero-order valence-electron chi connectivity index (χ0n) is 15.3. The molecule has 1 fully saturated rings. The standard InChI is InChI=1S/C19H26BrNO4/c1-12-9-16-13(10-14(12)20)15(22)11-19(24-16)5-7-21(8-6-19)17(23)25-18(2,3)4/h9-10,15,22H,5-8,11H2,1-4H3. The van der Waals surface area contributed by atoms with Gasteiger partial charge in [0.25, 0.3) is 0 Å². The van der Waals surface area contributed by atoms with Crippen LogP contribution in [-0.4, -0.2) is 40.4 Å². The molecule has 0 bridgehead atoms. The second-order valence-corrected chi connectivity index (χ2v) is 8.97. The first-order valence-corrected chi connectivity index (χ1v) is 9.53. The number of likely N-dealkylation sites (tertiary alicyclic amines) is 1. The van der Waals surface area contributed by atoms with E-state index in [0.717, 1.165) is 21.3 Å². The maximum Gasteiger partial charge on any atom is 0.410 e. The van der Waals surface area contributed by atoms with Crippen LogP contribution in [-0.2, 0) is 4.74 Å². The van der Waals surface area contributed by atoms with Crippen molar-refractivity contribution in [3.8, 4) is 5.75 Å². The molecule has 1 saturated heterocycles. The van der Waals surface area contributed by atoms with Crippen molar-refractivity contribution in [2.75, 3.05) is 13.1 Å². The van der Waals surface area contributed by atoms with Gasteiger partial charge in [0.15, 0.2) is 0 Å². The number of rotatable bonds is 0. The fourth-order valence-electron chi connectivity index (χ4n) is 3.49. The summed E-state index contributed by atoms with van der Waals surface area (Å²) in [4.78, 5) is 14.0. The van der Waals surface area contributed by atoms with Crippen LogP contribution in [0.25, 0.3) is 0 Å². The number of ether oxygens (including phenoxy) is 2. The zero-order chi connectivity index (χ0) is 18.4. The molecule has 2 heterocycles. The molecule has 1 amide bonds. The quantitative estimate of drug-likeness (QED) is 0.689. The fraction of sp³-hybridized carbons (Fsp3) is 0.632. The van der Waals surface area contributed by atoms with Crippen LogP contribution in [0.5, 0.6) is 5.75 Å². The minimum absolute atomic E-state index is 0.279. The summed E-state index contributed by atoms with van der Waals surface area (Å²) < 4.78 is 12.8. The van der Waals surface area contributed by atoms with Crippen molar-refractivity contribution in [3.63, 3.8) is 0 Å². The Balaban J connectivity index is 1.71. The molecule has 1 unspecified atom stereocenters. The molecule has 1 aromatic carbocycles. The van der Waals surface area contributed by atoms with E-state index in [1.54, 1.807) is 4.90 Å². The van der Waals surface area contributed by atoms with Gasteiger partial charge in [-0.3, -0.25) is 0 Å². The first-order valence-electron chi connectivity index (χ1n) is 8.74. The third-order valence-corrected chi connectivity index (χ3v) is 5.72. The lowest BCUT2D eigenvalue weighted by Crippen LogP contribution is -2.52. The molecule has 25 heavy (non-hydrogen) atoms. The number of aliphatic hydroxyl groups excluding tert-OH is 1. The van der Waals surface area contributed by atoms with Gasteiger partial charge in [-0.15, -0.1) is 0 Å². The molecule has 2 aliphatic rings. The van der Waals surface area contributed by atoms with Gasteiger partial charge in [-0.05, 0) is 45.4 Å². The Labute approximate surface area is 157 Å². The summed E-state index contributed by atoms with van der Waals surface area (Å²) in [5.74, 6) is 0.755. The predicted octanol–water partition coefficient (Wildman–Crippen LogP) is 4.34. The van der Waals surface area contributed by atoms with Gasteiger partial charge in [-0.1, -0.05) is 15.9 Å². The third kappa shape index (κ3) is 3.95. The second kappa shape index (κ2) is 6.47. The van der Waals surface area contributed by atoms with E-state index in [-0.39, 0.29) is 6.09 Å². The summed E-state index contributed by atoms with van der Waals surface area (Å²) in [6.07, 6.45) is 1.11. The average Bonchev–Trinajstić information content (AvgIpc) is 2.48. The molecular formula is C19H26BrNO4. The van der Waals surface area contributed by atoms with Crippen LogP contribution in [0.4, 0.5) is 4.79 Å². The Morgan fingerprint density at radius 1 is 1.36 bits per heavy atom. The topological polar surface area (TPSA) is 59.0 Å². The Hall–Kier alpha value is -1.27. The van der Waals surface area contributed by atoms with Gasteiger partial charge in [0.1, 0.15) is 17.0 Å². The van der Waals surface area contributed by atoms with Gasteiger partial charge < -0.3 is 19.5 Å². The Kier molecular flexibility index (Phi) is 4.79. The highest BCUT2D eigenvalue weighted by atomic mass is 79.9. The molecule has 1 N–H and O–H groups in total. The number of aryl methyl sites for hydroxylation is 1. The molecule has 3 rings (SSSR count). The van der Waals surface area contributed by atoms with Crippen molar-refractivity contribution < 1.29 is 19.4 Å². The van der Waals surface area contributed by atoms with Gasteiger partial charge >= 0.3 is 6.09 Å². The number of halogens is 1. The second-order valence-electron chi connectivity index (χ2n) is 8.11. The maximum absolute atomic E-state index is 12.2. The molecule has 1 spiro atoms. The highest BCUT2D eigenvalue weighted by Gasteiger charge is 2.44. The average molecular weight is 412 g/mol. The van der Waals surface area contributed by atoms with Crippen molar-refractivity contribution in [1.29, 1.82) is 0 Å². The summed E-state index contributed by atoms with van der Waals surface area (Å²) in [5.41, 5.74) is 1.01. The zero-order valence-corrected chi connectivity index (χ0v) is 16.9. The molecular weight excluding hydrogens is 386 g/mol. The number of hydrogen-bond donors (Lipinski definition) is 1. The number of carbonyl (C=O) groups is 1. The number of fused-ring (bicyclic) bond motifs is 1. The van der Waals surface area contributed by atoms with E-state index in [9.17, 15) is 9.90 Å². The molecule has 5 nitrogen and oxygen atoms in total. The maximum atomic E-state index is 12.2. The highest BCUT2D eigenvalue weighted by Crippen LogP contribution is 2.45. The van der Waals surface area contributed by atoms with Crippen LogP contribution in [0.15, 0.2) is 16.6 Å². The molecule has 0 saturated carbocycles. The first-order chi connectivity index (χ1) is 11.6. The van der Waals surface area contributed by atoms with Crippen molar-refractivity contribution >= 4 is 22.0 Å². The molecule has 138 valence electrons. The first kappa shape index (κ1) is 18.5. The van der Waals surface area contributed by atoms with E-state index in [4.69, 9.17) is 9.47 Å². The summed E-state index contributed by atoms with van der Waals surface area (Å²) in [6, 6.07) is 3.92. The van der Waals surface area contributed by atoms with Crippen LogP contribution in [0.1, 0.15) is 57.3 Å². The molecule has 2 aliphatic heterocycles. The van der Waals surface area contributed by atoms with Gasteiger partial charge in [-0.25, -0.2) is 4.79 Å². The van der Waals surface area contributed by atoms with Gasteiger partial charge in [0.2, 0.25) is 0 Å². The van der Waals surface area contributed by atoms with Gasteiger partial charge in [0, 0.05) is 42.4 Å². The normalized spacial score (nSPS) is 22.3. The lowest BCUT2D eigenvalue weighted by Gasteiger charge is -2.46. The van der Waals surface area contributed by atoms with E-state index in [0.29, 0.717) is 32.4 Å². The summed E-state index contributed by atoms with van der Waals surface area (Å²) >= 11 is 3.51. The molecule has 0 aliphatic carbocycles. The smallest absolute Gasteiger partial charge is 0.410 e. The number of benzene rings is 1. The van der Waals surface area contributed by atoms with Crippen LogP contribution < -0.4 is 4.74 Å². The van der Waals surface area contributed by atoms with Gasteiger partial charge in [-0.2, -0.15) is 0 Å². The van der Waals surface area contributed by atoms with E-state index in [1.807, 2.05) is 39.8 Å². The number of piperidine rings is 1. The molecule has 1 aromatic rings. The Morgan fingerprint density at radius 3 is 2.60 bits per heavy atom. The van der Waals surface area contributed by atoms with Crippen LogP contribution >= 0.6 is 15.9 Å². The van der Waals surface area contributed by atoms with Crippen LogP contribution in [0, 0.1) is 6.92 Å². The molecule has 0 aromatic heterocycles. The Morgan fingerprint density at radius 2 is 2.00 bits per heavy atom. The van der Waals surface area contributed by atoms with E-state index in [1.165, 1.54) is 0 Å².